The number of aromatic hydroxyl groups is 1. The van der Waals surface area contributed by atoms with E-state index in [1.165, 1.54) is 19.2 Å². The minimum atomic E-state index is -0.800. The van der Waals surface area contributed by atoms with E-state index in [0.717, 1.165) is 13.2 Å². The van der Waals surface area contributed by atoms with Gasteiger partial charge >= 0.3 is 11.9 Å². The summed E-state index contributed by atoms with van der Waals surface area (Å²) in [5.74, 6) is -1.72. The maximum absolute atomic E-state index is 11.6. The Morgan fingerprint density at radius 1 is 1.35 bits per heavy atom. The second-order valence-electron chi connectivity index (χ2n) is 3.48. The SMILES string of the molecule is COC(=O)/C=C(/Nc1cc(Cl)cc(Br)c1O)C(=O)OC. The van der Waals surface area contributed by atoms with Gasteiger partial charge in [-0.1, -0.05) is 11.6 Å². The van der Waals surface area contributed by atoms with E-state index < -0.39 is 11.9 Å². The van der Waals surface area contributed by atoms with Crippen LogP contribution in [0.4, 0.5) is 5.69 Å². The van der Waals surface area contributed by atoms with Gasteiger partial charge in [-0.15, -0.1) is 0 Å². The van der Waals surface area contributed by atoms with E-state index in [4.69, 9.17) is 11.6 Å². The largest absolute Gasteiger partial charge is 0.505 e. The van der Waals surface area contributed by atoms with Crippen LogP contribution in [0.5, 0.6) is 5.75 Å². The third-order valence-electron chi connectivity index (χ3n) is 2.17. The van der Waals surface area contributed by atoms with Crippen molar-refractivity contribution in [2.75, 3.05) is 19.5 Å². The zero-order valence-electron chi connectivity index (χ0n) is 10.6. The first kappa shape index (κ1) is 16.3. The molecule has 0 aromatic heterocycles. The number of carbonyl (C=O) groups excluding carboxylic acids is 2. The van der Waals surface area contributed by atoms with Gasteiger partial charge in [0.15, 0.2) is 5.75 Å². The summed E-state index contributed by atoms with van der Waals surface area (Å²) >= 11 is 8.95. The molecule has 0 aliphatic carbocycles. The van der Waals surface area contributed by atoms with Crippen LogP contribution >= 0.6 is 27.5 Å². The summed E-state index contributed by atoms with van der Waals surface area (Å²) in [6, 6.07) is 2.86. The van der Waals surface area contributed by atoms with Crippen molar-refractivity contribution in [2.45, 2.75) is 0 Å². The van der Waals surface area contributed by atoms with Gasteiger partial charge in [-0.3, -0.25) is 0 Å². The van der Waals surface area contributed by atoms with Gasteiger partial charge in [-0.2, -0.15) is 0 Å². The molecular formula is C12H11BrClNO5. The summed E-state index contributed by atoms with van der Waals surface area (Å²) in [6.07, 6.45) is 0.903. The molecule has 0 aliphatic heterocycles. The van der Waals surface area contributed by atoms with E-state index in [-0.39, 0.29) is 17.1 Å². The van der Waals surface area contributed by atoms with E-state index >= 15 is 0 Å². The van der Waals surface area contributed by atoms with Gasteiger partial charge < -0.3 is 19.9 Å². The zero-order valence-corrected chi connectivity index (χ0v) is 12.9. The van der Waals surface area contributed by atoms with Crippen LogP contribution in [0.1, 0.15) is 0 Å². The standard InChI is InChI=1S/C12H11BrClNO5/c1-19-10(16)5-9(12(18)20-2)15-8-4-6(14)3-7(13)11(8)17/h3-5,15,17H,1-2H3/b9-5+. The number of methoxy groups -OCH3 is 2. The molecule has 6 nitrogen and oxygen atoms in total. The molecule has 2 N–H and O–H groups in total. The quantitative estimate of drug-likeness (QED) is 0.485. The summed E-state index contributed by atoms with van der Waals surface area (Å²) in [5.41, 5.74) is -0.0752. The van der Waals surface area contributed by atoms with E-state index in [1.807, 2.05) is 0 Å². The fourth-order valence-corrected chi connectivity index (χ4v) is 2.05. The van der Waals surface area contributed by atoms with Crippen molar-refractivity contribution in [3.05, 3.63) is 33.4 Å². The molecule has 8 heteroatoms. The Bertz CT molecular complexity index is 573. The minimum absolute atomic E-state index is 0.130. The van der Waals surface area contributed by atoms with Crippen molar-refractivity contribution in [3.8, 4) is 5.75 Å². The fourth-order valence-electron chi connectivity index (χ4n) is 1.24. The Balaban J connectivity index is 3.17. The highest BCUT2D eigenvalue weighted by atomic mass is 79.9. The van der Waals surface area contributed by atoms with Crippen LogP contribution in [0.2, 0.25) is 5.02 Å². The molecule has 0 saturated heterocycles. The van der Waals surface area contributed by atoms with Gasteiger partial charge in [-0.05, 0) is 28.1 Å². The highest BCUT2D eigenvalue weighted by Crippen LogP contribution is 2.36. The lowest BCUT2D eigenvalue weighted by Crippen LogP contribution is -2.15. The lowest BCUT2D eigenvalue weighted by molar-refractivity contribution is -0.138. The van der Waals surface area contributed by atoms with E-state index in [2.05, 4.69) is 30.7 Å². The van der Waals surface area contributed by atoms with E-state index in [0.29, 0.717) is 9.50 Å². The van der Waals surface area contributed by atoms with Gasteiger partial charge in [0, 0.05) is 5.02 Å². The maximum Gasteiger partial charge on any atom is 0.354 e. The lowest BCUT2D eigenvalue weighted by atomic mass is 10.2. The first-order valence-corrected chi connectivity index (χ1v) is 6.39. The van der Waals surface area contributed by atoms with Crippen molar-refractivity contribution in [2.24, 2.45) is 0 Å². The number of benzene rings is 1. The van der Waals surface area contributed by atoms with Crippen LogP contribution in [-0.4, -0.2) is 31.3 Å². The number of hydrogen-bond donors (Lipinski definition) is 2. The van der Waals surface area contributed by atoms with Crippen LogP contribution in [0, 0.1) is 0 Å². The number of halogens is 2. The average molecular weight is 365 g/mol. The maximum atomic E-state index is 11.6. The number of anilines is 1. The number of rotatable bonds is 4. The molecule has 20 heavy (non-hydrogen) atoms. The number of carbonyl (C=O) groups is 2. The van der Waals surface area contributed by atoms with Crippen LogP contribution in [-0.2, 0) is 19.1 Å². The third kappa shape index (κ3) is 4.14. The molecule has 0 unspecified atom stereocenters. The monoisotopic (exact) mass is 363 g/mol. The smallest absolute Gasteiger partial charge is 0.354 e. The molecule has 1 rings (SSSR count). The van der Waals surface area contributed by atoms with Crippen molar-refractivity contribution in [3.63, 3.8) is 0 Å². The summed E-state index contributed by atoms with van der Waals surface area (Å²) in [6.45, 7) is 0. The Morgan fingerprint density at radius 3 is 2.55 bits per heavy atom. The Hall–Kier alpha value is -1.73. The van der Waals surface area contributed by atoms with E-state index in [1.54, 1.807) is 0 Å². The van der Waals surface area contributed by atoms with Crippen LogP contribution < -0.4 is 5.32 Å². The molecule has 0 amide bonds. The molecule has 0 heterocycles. The molecule has 0 saturated carbocycles. The summed E-state index contributed by atoms with van der Waals surface area (Å²) in [5, 5.41) is 12.7. The second-order valence-corrected chi connectivity index (χ2v) is 4.77. The van der Waals surface area contributed by atoms with Crippen LogP contribution in [0.3, 0.4) is 0 Å². The van der Waals surface area contributed by atoms with Gasteiger partial charge in [0.1, 0.15) is 5.70 Å². The molecule has 0 radical (unpaired) electrons. The predicted molar refractivity (Wildman–Crippen MR) is 76.6 cm³/mol. The van der Waals surface area contributed by atoms with E-state index in [9.17, 15) is 14.7 Å². The molecule has 0 spiro atoms. The number of phenols is 1. The summed E-state index contributed by atoms with van der Waals surface area (Å²) in [4.78, 5) is 22.8. The molecular weight excluding hydrogens is 353 g/mol. The van der Waals surface area contributed by atoms with Crippen molar-refractivity contribution < 1.29 is 24.2 Å². The minimum Gasteiger partial charge on any atom is -0.505 e. The Morgan fingerprint density at radius 2 is 2.00 bits per heavy atom. The summed E-state index contributed by atoms with van der Waals surface area (Å²) < 4.78 is 9.28. The molecule has 0 atom stereocenters. The first-order valence-electron chi connectivity index (χ1n) is 5.22. The van der Waals surface area contributed by atoms with Crippen LogP contribution in [0.15, 0.2) is 28.4 Å². The number of esters is 2. The number of hydrogen-bond acceptors (Lipinski definition) is 6. The molecule has 1 aromatic rings. The first-order chi connectivity index (χ1) is 9.38. The zero-order chi connectivity index (χ0) is 15.3. The molecule has 0 bridgehead atoms. The lowest BCUT2D eigenvalue weighted by Gasteiger charge is -2.12. The second kappa shape index (κ2) is 7.16. The normalized spacial score (nSPS) is 10.9. The topological polar surface area (TPSA) is 84.9 Å². The van der Waals surface area contributed by atoms with Gasteiger partial charge in [-0.25, -0.2) is 9.59 Å². The van der Waals surface area contributed by atoms with Crippen LogP contribution in [0.25, 0.3) is 0 Å². The van der Waals surface area contributed by atoms with Gasteiger partial charge in [0.05, 0.1) is 30.5 Å². The fraction of sp³-hybridized carbons (Fsp3) is 0.167. The van der Waals surface area contributed by atoms with Crippen molar-refractivity contribution in [1.29, 1.82) is 0 Å². The number of ether oxygens (including phenoxy) is 2. The Labute approximate surface area is 128 Å². The van der Waals surface area contributed by atoms with Crippen molar-refractivity contribution in [1.82, 2.24) is 0 Å². The van der Waals surface area contributed by atoms with Gasteiger partial charge in [0.25, 0.3) is 0 Å². The third-order valence-corrected chi connectivity index (χ3v) is 2.99. The Kier molecular flexibility index (Phi) is 5.84. The number of phenolic OH excluding ortho intramolecular Hbond substituents is 1. The predicted octanol–water partition coefficient (Wildman–Crippen LogP) is 2.45. The molecule has 1 aromatic carbocycles. The molecule has 0 fully saturated rings. The molecule has 108 valence electrons. The van der Waals surface area contributed by atoms with Crippen molar-refractivity contribution >= 4 is 45.2 Å². The van der Waals surface area contributed by atoms with Gasteiger partial charge in [0.2, 0.25) is 0 Å². The molecule has 0 aliphatic rings. The summed E-state index contributed by atoms with van der Waals surface area (Å²) in [7, 11) is 2.32. The highest BCUT2D eigenvalue weighted by Gasteiger charge is 2.16. The number of nitrogens with one attached hydrogen (secondary N) is 1. The highest BCUT2D eigenvalue weighted by molar-refractivity contribution is 9.10. The average Bonchev–Trinajstić information content (AvgIpc) is 2.42.